The summed E-state index contributed by atoms with van der Waals surface area (Å²) < 4.78 is 5.25. The lowest BCUT2D eigenvalue weighted by molar-refractivity contribution is 0.414. The van der Waals surface area contributed by atoms with Gasteiger partial charge in [-0.1, -0.05) is 18.9 Å². The van der Waals surface area contributed by atoms with E-state index in [0.29, 0.717) is 6.04 Å². The van der Waals surface area contributed by atoms with E-state index in [0.717, 1.165) is 11.7 Å². The van der Waals surface area contributed by atoms with Gasteiger partial charge < -0.3 is 10.1 Å². The predicted molar refractivity (Wildman–Crippen MR) is 61.6 cm³/mol. The molecule has 1 aromatic carbocycles. The van der Waals surface area contributed by atoms with Crippen molar-refractivity contribution in [2.24, 2.45) is 0 Å². The van der Waals surface area contributed by atoms with Gasteiger partial charge in [0.1, 0.15) is 5.75 Å². The summed E-state index contributed by atoms with van der Waals surface area (Å²) in [4.78, 5) is 0. The first-order chi connectivity index (χ1) is 7.38. The Bertz CT molecular complexity index is 375. The lowest BCUT2D eigenvalue weighted by atomic mass is 9.83. The van der Waals surface area contributed by atoms with Crippen LogP contribution in [0.15, 0.2) is 18.2 Å². The highest BCUT2D eigenvalue weighted by Gasteiger charge is 2.33. The van der Waals surface area contributed by atoms with Crippen molar-refractivity contribution in [3.8, 4) is 5.75 Å². The van der Waals surface area contributed by atoms with Crippen LogP contribution < -0.4 is 10.1 Å². The summed E-state index contributed by atoms with van der Waals surface area (Å²) in [5.41, 5.74) is 2.80. The molecule has 1 saturated carbocycles. The van der Waals surface area contributed by atoms with Gasteiger partial charge in [-0.2, -0.15) is 0 Å². The number of nitrogens with one attached hydrogen (secondary N) is 1. The minimum atomic E-state index is 0.681. The van der Waals surface area contributed by atoms with Crippen molar-refractivity contribution in [2.75, 3.05) is 12.4 Å². The maximum atomic E-state index is 5.25. The third kappa shape index (κ3) is 1.39. The molecule has 2 heteroatoms. The zero-order valence-corrected chi connectivity index (χ0v) is 9.12. The highest BCUT2D eigenvalue weighted by molar-refractivity contribution is 5.62. The van der Waals surface area contributed by atoms with E-state index < -0.39 is 0 Å². The van der Waals surface area contributed by atoms with E-state index in [9.17, 15) is 0 Å². The summed E-state index contributed by atoms with van der Waals surface area (Å²) in [5.74, 6) is 1.71. The van der Waals surface area contributed by atoms with E-state index in [1.807, 2.05) is 0 Å². The quantitative estimate of drug-likeness (QED) is 0.757. The lowest BCUT2D eigenvalue weighted by Gasteiger charge is -2.25. The largest absolute Gasteiger partial charge is 0.497 e. The van der Waals surface area contributed by atoms with Crippen LogP contribution in [0.2, 0.25) is 0 Å². The normalized spacial score (nSPS) is 27.8. The van der Waals surface area contributed by atoms with Crippen molar-refractivity contribution in [3.05, 3.63) is 23.8 Å². The second kappa shape index (κ2) is 3.44. The fourth-order valence-electron chi connectivity index (χ4n) is 2.99. The Kier molecular flexibility index (Phi) is 2.08. The van der Waals surface area contributed by atoms with Gasteiger partial charge in [-0.15, -0.1) is 0 Å². The molecule has 15 heavy (non-hydrogen) atoms. The third-order valence-corrected chi connectivity index (χ3v) is 3.77. The van der Waals surface area contributed by atoms with Crippen LogP contribution in [-0.4, -0.2) is 13.2 Å². The van der Waals surface area contributed by atoms with Crippen LogP contribution in [0.5, 0.6) is 5.75 Å². The number of benzene rings is 1. The number of ether oxygens (including phenoxy) is 1. The molecule has 0 bridgehead atoms. The Balaban J connectivity index is 1.96. The van der Waals surface area contributed by atoms with Crippen molar-refractivity contribution in [1.82, 2.24) is 0 Å². The summed E-state index contributed by atoms with van der Waals surface area (Å²) in [6, 6.07) is 7.13. The molecule has 1 aromatic rings. The van der Waals surface area contributed by atoms with Gasteiger partial charge in [-0.25, -0.2) is 0 Å². The number of hydrogen-bond acceptors (Lipinski definition) is 2. The lowest BCUT2D eigenvalue weighted by Crippen LogP contribution is -2.23. The Morgan fingerprint density at radius 1 is 1.27 bits per heavy atom. The second-order valence-electron chi connectivity index (χ2n) is 4.59. The average molecular weight is 203 g/mol. The van der Waals surface area contributed by atoms with Crippen molar-refractivity contribution < 1.29 is 4.74 Å². The third-order valence-electron chi connectivity index (χ3n) is 3.77. The fraction of sp³-hybridized carbons (Fsp3) is 0.538. The van der Waals surface area contributed by atoms with Crippen LogP contribution in [0.25, 0.3) is 0 Å². The maximum absolute atomic E-state index is 5.25. The van der Waals surface area contributed by atoms with Gasteiger partial charge in [0.05, 0.1) is 7.11 Å². The monoisotopic (exact) mass is 203 g/mol. The number of methoxy groups -OCH3 is 1. The number of rotatable bonds is 1. The van der Waals surface area contributed by atoms with E-state index >= 15 is 0 Å². The van der Waals surface area contributed by atoms with Gasteiger partial charge in [0.15, 0.2) is 0 Å². The molecular weight excluding hydrogens is 186 g/mol. The maximum Gasteiger partial charge on any atom is 0.120 e. The van der Waals surface area contributed by atoms with Crippen LogP contribution >= 0.6 is 0 Å². The average Bonchev–Trinajstić information content (AvgIpc) is 2.66. The first-order valence-corrected chi connectivity index (χ1v) is 5.83. The minimum absolute atomic E-state index is 0.681. The fourth-order valence-corrected chi connectivity index (χ4v) is 2.99. The highest BCUT2D eigenvalue weighted by Crippen LogP contribution is 2.44. The van der Waals surface area contributed by atoms with Crippen molar-refractivity contribution in [2.45, 2.75) is 37.6 Å². The molecule has 80 valence electrons. The van der Waals surface area contributed by atoms with E-state index in [-0.39, 0.29) is 0 Å². The summed E-state index contributed by atoms with van der Waals surface area (Å²) >= 11 is 0. The van der Waals surface area contributed by atoms with Crippen molar-refractivity contribution in [1.29, 1.82) is 0 Å². The predicted octanol–water partition coefficient (Wildman–Crippen LogP) is 3.15. The van der Waals surface area contributed by atoms with Gasteiger partial charge in [-0.3, -0.25) is 0 Å². The van der Waals surface area contributed by atoms with Crippen LogP contribution in [0.4, 0.5) is 5.69 Å². The molecule has 1 heterocycles. The molecule has 0 amide bonds. The zero-order chi connectivity index (χ0) is 10.3. The first-order valence-electron chi connectivity index (χ1n) is 5.83. The number of anilines is 1. The molecule has 1 aliphatic heterocycles. The van der Waals surface area contributed by atoms with Crippen molar-refractivity contribution >= 4 is 5.69 Å². The highest BCUT2D eigenvalue weighted by atomic mass is 16.5. The molecule has 0 aromatic heterocycles. The number of hydrogen-bond donors (Lipinski definition) is 1. The summed E-state index contributed by atoms with van der Waals surface area (Å²) in [7, 11) is 1.73. The Morgan fingerprint density at radius 3 is 3.00 bits per heavy atom. The molecule has 1 aliphatic carbocycles. The molecule has 0 unspecified atom stereocenters. The van der Waals surface area contributed by atoms with E-state index in [2.05, 4.69) is 23.5 Å². The van der Waals surface area contributed by atoms with E-state index in [1.54, 1.807) is 7.11 Å². The van der Waals surface area contributed by atoms with Crippen LogP contribution in [-0.2, 0) is 0 Å². The van der Waals surface area contributed by atoms with E-state index in [1.165, 1.54) is 36.9 Å². The molecule has 1 fully saturated rings. The minimum Gasteiger partial charge on any atom is -0.497 e. The molecule has 0 saturated heterocycles. The number of fused-ring (bicyclic) bond motifs is 3. The molecular formula is C13H17NO. The van der Waals surface area contributed by atoms with Crippen molar-refractivity contribution in [3.63, 3.8) is 0 Å². The topological polar surface area (TPSA) is 21.3 Å². The van der Waals surface area contributed by atoms with Gasteiger partial charge in [-0.05, 0) is 24.5 Å². The molecule has 1 N–H and O–H groups in total. The van der Waals surface area contributed by atoms with Gasteiger partial charge >= 0.3 is 0 Å². The Hall–Kier alpha value is -1.18. The molecule has 2 nitrogen and oxygen atoms in total. The summed E-state index contributed by atoms with van der Waals surface area (Å²) in [6.07, 6.45) is 5.42. The van der Waals surface area contributed by atoms with Gasteiger partial charge in [0.25, 0.3) is 0 Å². The molecule has 3 rings (SSSR count). The molecule has 2 aliphatic rings. The summed E-state index contributed by atoms with van der Waals surface area (Å²) in [5, 5.41) is 3.63. The molecule has 0 radical (unpaired) electrons. The van der Waals surface area contributed by atoms with Crippen LogP contribution in [0.1, 0.15) is 37.2 Å². The second-order valence-corrected chi connectivity index (χ2v) is 4.59. The zero-order valence-electron chi connectivity index (χ0n) is 9.12. The summed E-state index contributed by atoms with van der Waals surface area (Å²) in [6.45, 7) is 0. The molecule has 2 atom stereocenters. The standard InChI is InChI=1S/C13H17NO/c1-15-9-6-7-11-10-4-2-3-5-12(10)14-13(11)8-9/h6-8,10,12,14H,2-5H2,1H3/t10-,12-/m0/s1. The van der Waals surface area contributed by atoms with E-state index in [4.69, 9.17) is 4.74 Å². The van der Waals surface area contributed by atoms with Gasteiger partial charge in [0.2, 0.25) is 0 Å². The first kappa shape index (κ1) is 9.08. The van der Waals surface area contributed by atoms with Crippen LogP contribution in [0.3, 0.4) is 0 Å². The van der Waals surface area contributed by atoms with Crippen LogP contribution in [0, 0.1) is 0 Å². The SMILES string of the molecule is COc1ccc2c(c1)N[C@H]1CCCC[C@@H]21. The Morgan fingerprint density at radius 2 is 2.13 bits per heavy atom. The smallest absolute Gasteiger partial charge is 0.120 e. The van der Waals surface area contributed by atoms with Gasteiger partial charge in [0, 0.05) is 23.7 Å². The molecule has 0 spiro atoms. The Labute approximate surface area is 90.6 Å².